The maximum Gasteiger partial charge on any atom is 0.313 e. The highest BCUT2D eigenvalue weighted by Crippen LogP contribution is 2.18. The molecule has 0 radical (unpaired) electrons. The van der Waals surface area contributed by atoms with E-state index < -0.39 is 11.8 Å². The number of anilines is 1. The van der Waals surface area contributed by atoms with Crippen LogP contribution in [0.25, 0.3) is 16.6 Å². The molecule has 0 atom stereocenters. The summed E-state index contributed by atoms with van der Waals surface area (Å²) in [5.41, 5.74) is 3.72. The van der Waals surface area contributed by atoms with Crippen LogP contribution in [-0.2, 0) is 16.1 Å². The van der Waals surface area contributed by atoms with E-state index in [1.165, 1.54) is 11.0 Å². The van der Waals surface area contributed by atoms with Gasteiger partial charge in [-0.05, 0) is 46.7 Å². The topological polar surface area (TPSA) is 115 Å². The van der Waals surface area contributed by atoms with Crippen LogP contribution in [0.3, 0.4) is 0 Å². The molecule has 29 heavy (non-hydrogen) atoms. The molecule has 2 N–H and O–H groups in total. The Morgan fingerprint density at radius 3 is 2.76 bits per heavy atom. The van der Waals surface area contributed by atoms with Gasteiger partial charge in [-0.3, -0.25) is 14.6 Å². The number of aryl methyl sites for hydroxylation is 1. The van der Waals surface area contributed by atoms with Crippen LogP contribution in [0.15, 0.2) is 61.1 Å². The highest BCUT2D eigenvalue weighted by Gasteiger charge is 2.15. The number of pyridine rings is 1. The third kappa shape index (κ3) is 3.93. The Morgan fingerprint density at radius 2 is 1.93 bits per heavy atom. The van der Waals surface area contributed by atoms with Gasteiger partial charge in [-0.2, -0.15) is 0 Å². The van der Waals surface area contributed by atoms with Crippen molar-refractivity contribution in [1.82, 2.24) is 30.5 Å². The van der Waals surface area contributed by atoms with Gasteiger partial charge in [0.05, 0.1) is 11.2 Å². The number of carbonyl (C=O) groups is 2. The minimum absolute atomic E-state index is 0.199. The lowest BCUT2D eigenvalue weighted by Gasteiger charge is -2.10. The summed E-state index contributed by atoms with van der Waals surface area (Å²) in [4.78, 5) is 28.9. The van der Waals surface area contributed by atoms with Crippen molar-refractivity contribution in [1.29, 1.82) is 0 Å². The molecule has 0 aliphatic heterocycles. The first kappa shape index (κ1) is 18.2. The Bertz CT molecular complexity index is 1180. The monoisotopic (exact) mass is 387 g/mol. The predicted molar refractivity (Wildman–Crippen MR) is 106 cm³/mol. The molecule has 0 spiro atoms. The molecule has 2 amide bonds. The Labute approximate surface area is 165 Å². The van der Waals surface area contributed by atoms with Gasteiger partial charge in [0.25, 0.3) is 0 Å². The van der Waals surface area contributed by atoms with Gasteiger partial charge < -0.3 is 10.6 Å². The standard InChI is InChI=1S/C20H17N7O2/c1-13-7-8-16(10-17(13)27-12-23-25-26-27)24-20(29)19(28)22-11-15-5-2-4-14-6-3-9-21-18(14)15/h2-10,12H,11H2,1H3,(H,22,28)(H,24,29). The van der Waals surface area contributed by atoms with Gasteiger partial charge in [0, 0.05) is 23.8 Å². The van der Waals surface area contributed by atoms with E-state index in [0.29, 0.717) is 11.4 Å². The van der Waals surface area contributed by atoms with E-state index in [0.717, 1.165) is 22.0 Å². The molecule has 0 bridgehead atoms. The summed E-state index contributed by atoms with van der Waals surface area (Å²) >= 11 is 0. The minimum atomic E-state index is -0.760. The van der Waals surface area contributed by atoms with Gasteiger partial charge in [-0.15, -0.1) is 5.10 Å². The van der Waals surface area contributed by atoms with Crippen LogP contribution in [0.4, 0.5) is 5.69 Å². The Hall–Kier alpha value is -4.14. The number of amides is 2. The number of fused-ring (bicyclic) bond motifs is 1. The second kappa shape index (κ2) is 7.85. The number of hydrogen-bond donors (Lipinski definition) is 2. The summed E-state index contributed by atoms with van der Waals surface area (Å²) < 4.78 is 1.48. The van der Waals surface area contributed by atoms with Crippen LogP contribution in [0.2, 0.25) is 0 Å². The van der Waals surface area contributed by atoms with Crippen LogP contribution >= 0.6 is 0 Å². The molecule has 2 heterocycles. The van der Waals surface area contributed by atoms with E-state index in [9.17, 15) is 9.59 Å². The number of aromatic nitrogens is 5. The van der Waals surface area contributed by atoms with Crippen LogP contribution < -0.4 is 10.6 Å². The van der Waals surface area contributed by atoms with Crippen molar-refractivity contribution >= 4 is 28.4 Å². The fourth-order valence-electron chi connectivity index (χ4n) is 2.96. The molecule has 9 heteroatoms. The maximum atomic E-state index is 12.3. The second-order valence-electron chi connectivity index (χ2n) is 6.38. The maximum absolute atomic E-state index is 12.3. The van der Waals surface area contributed by atoms with Gasteiger partial charge in [0.2, 0.25) is 0 Å². The van der Waals surface area contributed by atoms with Crippen molar-refractivity contribution in [2.45, 2.75) is 13.5 Å². The zero-order valence-corrected chi connectivity index (χ0v) is 15.5. The Balaban J connectivity index is 1.44. The van der Waals surface area contributed by atoms with E-state index >= 15 is 0 Å². The quantitative estimate of drug-likeness (QED) is 0.516. The third-order valence-electron chi connectivity index (χ3n) is 4.42. The normalized spacial score (nSPS) is 10.7. The van der Waals surface area contributed by atoms with Crippen molar-refractivity contribution < 1.29 is 9.59 Å². The SMILES string of the molecule is Cc1ccc(NC(=O)C(=O)NCc2cccc3cccnc23)cc1-n1cnnn1. The molecule has 0 aliphatic rings. The van der Waals surface area contributed by atoms with Gasteiger partial charge in [-0.1, -0.05) is 30.3 Å². The molecule has 4 rings (SSSR count). The van der Waals surface area contributed by atoms with E-state index in [4.69, 9.17) is 0 Å². The molecule has 0 saturated carbocycles. The average Bonchev–Trinajstić information content (AvgIpc) is 3.28. The zero-order chi connectivity index (χ0) is 20.2. The fourth-order valence-corrected chi connectivity index (χ4v) is 2.96. The summed E-state index contributed by atoms with van der Waals surface area (Å²) in [6, 6.07) is 14.7. The van der Waals surface area contributed by atoms with Crippen LogP contribution in [0, 0.1) is 6.92 Å². The number of tetrazole rings is 1. The molecule has 9 nitrogen and oxygen atoms in total. The second-order valence-corrected chi connectivity index (χ2v) is 6.38. The molecule has 4 aromatic rings. The Kier molecular flexibility index (Phi) is 4.93. The van der Waals surface area contributed by atoms with Gasteiger partial charge in [0.1, 0.15) is 6.33 Å². The van der Waals surface area contributed by atoms with E-state index in [-0.39, 0.29) is 6.54 Å². The Morgan fingerprint density at radius 1 is 1.07 bits per heavy atom. The lowest BCUT2D eigenvalue weighted by Crippen LogP contribution is -2.35. The average molecular weight is 387 g/mol. The van der Waals surface area contributed by atoms with Crippen molar-refractivity contribution in [3.8, 4) is 5.69 Å². The molecular weight excluding hydrogens is 370 g/mol. The fraction of sp³-hybridized carbons (Fsp3) is 0.100. The highest BCUT2D eigenvalue weighted by molar-refractivity contribution is 6.39. The van der Waals surface area contributed by atoms with Crippen molar-refractivity contribution in [3.63, 3.8) is 0 Å². The van der Waals surface area contributed by atoms with Crippen LogP contribution in [0.5, 0.6) is 0 Å². The predicted octanol–water partition coefficient (Wildman–Crippen LogP) is 1.77. The third-order valence-corrected chi connectivity index (χ3v) is 4.42. The highest BCUT2D eigenvalue weighted by atomic mass is 16.2. The summed E-state index contributed by atoms with van der Waals surface area (Å²) in [7, 11) is 0. The zero-order valence-electron chi connectivity index (χ0n) is 15.5. The van der Waals surface area contributed by atoms with Crippen molar-refractivity contribution in [2.24, 2.45) is 0 Å². The lowest BCUT2D eigenvalue weighted by molar-refractivity contribution is -0.136. The molecule has 2 aromatic carbocycles. The first-order valence-corrected chi connectivity index (χ1v) is 8.87. The molecule has 0 aliphatic carbocycles. The summed E-state index contributed by atoms with van der Waals surface area (Å²) in [6.45, 7) is 2.10. The number of para-hydroxylation sites is 1. The largest absolute Gasteiger partial charge is 0.344 e. The van der Waals surface area contributed by atoms with E-state index in [1.807, 2.05) is 43.3 Å². The van der Waals surface area contributed by atoms with E-state index in [1.54, 1.807) is 18.3 Å². The smallest absolute Gasteiger partial charge is 0.313 e. The minimum Gasteiger partial charge on any atom is -0.344 e. The van der Waals surface area contributed by atoms with Crippen LogP contribution in [0.1, 0.15) is 11.1 Å². The van der Waals surface area contributed by atoms with Crippen molar-refractivity contribution in [3.05, 3.63) is 72.2 Å². The number of nitrogens with zero attached hydrogens (tertiary/aromatic N) is 5. The molecule has 144 valence electrons. The molecule has 0 unspecified atom stereocenters. The summed E-state index contributed by atoms with van der Waals surface area (Å²) in [5.74, 6) is -1.49. The first-order valence-electron chi connectivity index (χ1n) is 8.87. The first-order chi connectivity index (χ1) is 14.1. The molecule has 2 aromatic heterocycles. The van der Waals surface area contributed by atoms with Crippen LogP contribution in [-0.4, -0.2) is 37.0 Å². The molecule has 0 saturated heterocycles. The molecule has 0 fully saturated rings. The number of rotatable bonds is 4. The molecular formula is C20H17N7O2. The van der Waals surface area contributed by atoms with Crippen molar-refractivity contribution in [2.75, 3.05) is 5.32 Å². The van der Waals surface area contributed by atoms with Gasteiger partial charge in [0.15, 0.2) is 0 Å². The van der Waals surface area contributed by atoms with E-state index in [2.05, 4.69) is 31.1 Å². The number of carbonyl (C=O) groups excluding carboxylic acids is 2. The number of benzene rings is 2. The number of nitrogens with one attached hydrogen (secondary N) is 2. The number of hydrogen-bond acceptors (Lipinski definition) is 6. The summed E-state index contributed by atoms with van der Waals surface area (Å²) in [6.07, 6.45) is 3.15. The van der Waals surface area contributed by atoms with Gasteiger partial charge >= 0.3 is 11.8 Å². The lowest BCUT2D eigenvalue weighted by atomic mass is 10.1. The summed E-state index contributed by atoms with van der Waals surface area (Å²) in [5, 5.41) is 17.3. The van der Waals surface area contributed by atoms with Gasteiger partial charge in [-0.25, -0.2) is 4.68 Å².